The number of rotatable bonds is 21. The highest BCUT2D eigenvalue weighted by molar-refractivity contribution is 8.19. The molecule has 5 aliphatic rings. The van der Waals surface area contributed by atoms with Crippen LogP contribution in [-0.4, -0.2) is 175 Å². The highest BCUT2D eigenvalue weighted by atomic mass is 35.5. The minimum Gasteiger partial charge on any atom is -0.497 e. The molecule has 15 rings (SSSR count). The Morgan fingerprint density at radius 3 is 0.902 bits per heavy atom. The summed E-state index contributed by atoms with van der Waals surface area (Å²) >= 11 is 21.0. The van der Waals surface area contributed by atoms with E-state index in [9.17, 15) is 80.7 Å². The van der Waals surface area contributed by atoms with Crippen LogP contribution in [0.1, 0.15) is 34.4 Å². The van der Waals surface area contributed by atoms with Gasteiger partial charge in [0.05, 0.1) is 41.7 Å². The van der Waals surface area contributed by atoms with E-state index in [0.717, 1.165) is 40.1 Å². The Bertz CT molecular complexity index is 5990. The lowest BCUT2D eigenvalue weighted by Gasteiger charge is -2.07. The van der Waals surface area contributed by atoms with Crippen LogP contribution < -0.4 is 4.74 Å². The Balaban J connectivity index is 0.000000150. The number of thioether (sulfide) groups is 5. The lowest BCUT2D eigenvalue weighted by Crippen LogP contribution is -2.33. The van der Waals surface area contributed by atoms with E-state index < -0.39 is 130 Å². The minimum atomic E-state index is -1.30. The van der Waals surface area contributed by atoms with Gasteiger partial charge in [-0.3, -0.25) is 96.4 Å². The predicted molar refractivity (Wildman–Crippen MR) is 449 cm³/mol. The van der Waals surface area contributed by atoms with Gasteiger partial charge in [-0.2, -0.15) is 0 Å². The maximum Gasteiger partial charge on any atom is 0.323 e. The largest absolute Gasteiger partial charge is 0.497 e. The van der Waals surface area contributed by atoms with E-state index in [1.165, 1.54) is 48.6 Å². The molecule has 0 saturated carbocycles. The smallest absolute Gasteiger partial charge is 0.323 e. The molecule has 0 bridgehead atoms. The second-order valence-corrected chi connectivity index (χ2v) is 31.4. The number of ether oxygens (including phenoxy) is 1. The molecule has 10 amide bonds. The summed E-state index contributed by atoms with van der Waals surface area (Å²) in [6, 6.07) is 47.0. The number of benzene rings is 5. The van der Waals surface area contributed by atoms with Crippen molar-refractivity contribution in [2.24, 2.45) is 0 Å². The van der Waals surface area contributed by atoms with Crippen LogP contribution in [0.2, 0.25) is 15.1 Å². The number of furan rings is 5. The van der Waals surface area contributed by atoms with E-state index in [0.29, 0.717) is 156 Å². The van der Waals surface area contributed by atoms with Gasteiger partial charge in [0.15, 0.2) is 11.6 Å². The van der Waals surface area contributed by atoms with Crippen LogP contribution in [0.3, 0.4) is 0 Å². The second kappa shape index (κ2) is 40.3. The molecule has 5 N–H and O–H groups in total. The first-order chi connectivity index (χ1) is 58.5. The summed E-state index contributed by atoms with van der Waals surface area (Å²) in [6.07, 6.45) is 6.99. The summed E-state index contributed by atoms with van der Waals surface area (Å²) < 4.78 is 59.4. The molecule has 0 unspecified atom stereocenters. The first-order valence-corrected chi connectivity index (χ1v) is 40.0. The van der Waals surface area contributed by atoms with E-state index in [4.69, 9.17) is 87.2 Å². The summed E-state index contributed by atoms with van der Waals surface area (Å²) in [6.45, 7) is -1.37. The van der Waals surface area contributed by atoms with Crippen molar-refractivity contribution in [3.63, 3.8) is 0 Å². The van der Waals surface area contributed by atoms with Crippen LogP contribution in [0.5, 0.6) is 5.75 Å². The number of carbonyl (C=O) groups is 15. The van der Waals surface area contributed by atoms with E-state index in [1.54, 1.807) is 110 Å². The number of carboxylic acids is 5. The Labute approximate surface area is 726 Å². The van der Waals surface area contributed by atoms with Crippen molar-refractivity contribution < 1.29 is 133 Å². The first-order valence-electron chi connectivity index (χ1n) is 34.8. The molecule has 0 atom stereocenters. The monoisotopic (exact) mass is 1830 g/mol. The molecular weight excluding hydrogens is 1780 g/mol. The molecule has 5 aromatic heterocycles. The van der Waals surface area contributed by atoms with E-state index in [-0.39, 0.29) is 36.0 Å². The molecule has 41 heteroatoms. The number of halogens is 5. The zero-order valence-corrected chi connectivity index (χ0v) is 68.9. The lowest BCUT2D eigenvalue weighted by atomic mass is 10.1. The van der Waals surface area contributed by atoms with Crippen molar-refractivity contribution in [2.45, 2.75) is 6.92 Å². The summed E-state index contributed by atoms with van der Waals surface area (Å²) in [5.41, 5.74) is 4.66. The Morgan fingerprint density at radius 1 is 0.341 bits per heavy atom. The fourth-order valence-corrected chi connectivity index (χ4v) is 15.4. The van der Waals surface area contributed by atoms with Crippen molar-refractivity contribution in [1.29, 1.82) is 0 Å². The molecule has 5 aliphatic heterocycles. The first kappa shape index (κ1) is 90.3. The number of carboxylic acid groups (broad SMARTS) is 5. The van der Waals surface area contributed by atoms with Crippen molar-refractivity contribution in [1.82, 2.24) is 24.5 Å². The van der Waals surface area contributed by atoms with Gasteiger partial charge >= 0.3 is 29.8 Å². The maximum absolute atomic E-state index is 13.3. The van der Waals surface area contributed by atoms with Gasteiger partial charge in [-0.1, -0.05) is 58.6 Å². The quantitative estimate of drug-likeness (QED) is 0.0417. The fourth-order valence-electron chi connectivity index (χ4n) is 10.9. The molecule has 10 aromatic rings. The van der Waals surface area contributed by atoms with Crippen LogP contribution >= 0.6 is 93.6 Å². The molecule has 628 valence electrons. The molecule has 123 heavy (non-hydrogen) atoms. The zero-order chi connectivity index (χ0) is 88.8. The number of aliphatic carboxylic acids is 5. The number of carbonyl (C=O) groups excluding carboxylic acids is 10. The minimum absolute atomic E-state index is 0.0115. The summed E-state index contributed by atoms with van der Waals surface area (Å²) in [5, 5.41) is 41.9. The number of imide groups is 5. The van der Waals surface area contributed by atoms with Gasteiger partial charge in [0, 0.05) is 63.2 Å². The van der Waals surface area contributed by atoms with Gasteiger partial charge in [0.2, 0.25) is 0 Å². The molecule has 31 nitrogen and oxygen atoms in total. The van der Waals surface area contributed by atoms with Crippen LogP contribution in [0, 0.1) is 18.6 Å². The molecular formula is C82H54Cl3F2N5O26S5. The highest BCUT2D eigenvalue weighted by Crippen LogP contribution is 2.40. The van der Waals surface area contributed by atoms with Gasteiger partial charge < -0.3 is 52.4 Å². The topological polar surface area (TPSA) is 448 Å². The average Bonchev–Trinajstić information content (AvgIpc) is 1.69. The Hall–Kier alpha value is -13.5. The molecule has 0 aliphatic carbocycles. The standard InChI is InChI=1S/C17H13NO6S.C17H13NO5S.C16H9Cl2NO5S.C16H10ClNO5S.C16H9F2NO5S/c1-23-11-4-2-10(3-5-11)13-7-6-12(24-13)8-14-16(21)18(9-15(19)20)17(22)25-14;1-10-3-2-4-11(7-10)13-6-5-12(23-13)8-14-16(21)18(9-15(19)20)17(22)24-14;17-10-3-1-8(5-11(10)18)12-4-2-9(24-12)6-13-15(22)19(7-14(20)21)16(23)25-13;17-10-3-1-9(2-4-10)12-6-5-11(23-12)7-13-15(21)18(8-14(19)20)16(22)24-13;17-10-3-1-8(5-11(10)18)12-4-2-9(24-12)6-13-15(22)19(7-14(20)21)16(23)25-13/h2-8H,9H2,1H3,(H,19,20);2-8H,9H2,1H3,(H,19,20);1-6H,7H2,(H,20,21);1-7H,8H2,(H,19,20);1-6H,7H2,(H,20,21)/b2*14-8-;13-6-;13-7-;13-6-. The summed E-state index contributed by atoms with van der Waals surface area (Å²) in [4.78, 5) is 176. The average molecular weight is 1830 g/mol. The third kappa shape index (κ3) is 23.4. The van der Waals surface area contributed by atoms with Gasteiger partial charge in [-0.15, -0.1) is 0 Å². The van der Waals surface area contributed by atoms with Gasteiger partial charge in [0.25, 0.3) is 55.7 Å². The Kier molecular flexibility index (Phi) is 29.6. The second-order valence-electron chi connectivity index (χ2n) is 25.2. The van der Waals surface area contributed by atoms with Crippen LogP contribution in [0.25, 0.3) is 87.0 Å². The van der Waals surface area contributed by atoms with Gasteiger partial charge in [-0.25, -0.2) is 8.78 Å². The summed E-state index contributed by atoms with van der Waals surface area (Å²) in [5.74, 6) is -6.53. The number of amides is 10. The van der Waals surface area contributed by atoms with Crippen LogP contribution in [-0.2, 0) is 47.9 Å². The molecule has 5 fully saturated rings. The molecule has 10 heterocycles. The van der Waals surface area contributed by atoms with Crippen molar-refractivity contribution >= 4 is 210 Å². The Morgan fingerprint density at radius 2 is 0.618 bits per heavy atom. The van der Waals surface area contributed by atoms with Gasteiger partial charge in [-0.05, 0) is 217 Å². The van der Waals surface area contributed by atoms with Crippen molar-refractivity contribution in [3.8, 4) is 62.4 Å². The lowest BCUT2D eigenvalue weighted by molar-refractivity contribution is -0.140. The number of hydrogen-bond acceptors (Lipinski definition) is 26. The fraction of sp³-hybridized carbons (Fsp3) is 0.0854. The van der Waals surface area contributed by atoms with Crippen LogP contribution in [0.15, 0.2) is 216 Å². The summed E-state index contributed by atoms with van der Waals surface area (Å²) in [7, 11) is 1.58. The van der Waals surface area contributed by atoms with Crippen molar-refractivity contribution in [2.75, 3.05) is 39.8 Å². The molecule has 0 radical (unpaired) electrons. The predicted octanol–water partition coefficient (Wildman–Crippen LogP) is 17.9. The van der Waals surface area contributed by atoms with E-state index in [2.05, 4.69) is 0 Å². The van der Waals surface area contributed by atoms with Gasteiger partial charge in [0.1, 0.15) is 96.1 Å². The third-order valence-corrected chi connectivity index (χ3v) is 22.1. The SMILES string of the molecule is COc1ccc(-c2ccc(/C=C3\SC(=O)N(CC(=O)O)C3=O)o2)cc1.Cc1cccc(-c2ccc(/C=C3\SC(=O)N(CC(=O)O)C3=O)o2)c1.O=C(O)CN1C(=O)S/C(=C\c2ccc(-c3ccc(Cl)c(Cl)c3)o2)C1=O.O=C(O)CN1C(=O)S/C(=C\c2ccc(-c3ccc(Cl)cc3)o2)C1=O.O=C(O)CN1C(=O)S/C(=C\c2ccc(-c3ccc(F)c(F)c3)o2)C1=O. The third-order valence-electron chi connectivity index (χ3n) is 16.5. The zero-order valence-electron chi connectivity index (χ0n) is 62.6. The number of methoxy groups -OCH3 is 1. The maximum atomic E-state index is 13.3. The molecule has 5 aromatic carbocycles. The van der Waals surface area contributed by atoms with E-state index >= 15 is 0 Å². The number of nitrogens with zero attached hydrogens (tertiary/aromatic N) is 5. The number of hydrogen-bond donors (Lipinski definition) is 5. The van der Waals surface area contributed by atoms with E-state index in [1.807, 2.05) is 43.3 Å². The highest BCUT2D eigenvalue weighted by Gasteiger charge is 2.41. The molecule has 0 spiro atoms. The van der Waals surface area contributed by atoms with Crippen LogP contribution in [0.4, 0.5) is 32.8 Å². The number of aryl methyl sites for hydroxylation is 1. The normalized spacial score (nSPS) is 16.1. The van der Waals surface area contributed by atoms with Crippen molar-refractivity contribution in [3.05, 3.63) is 255 Å². The molecule has 5 saturated heterocycles.